The van der Waals surface area contributed by atoms with Gasteiger partial charge < -0.3 is 10.1 Å². The molecule has 2 rings (SSSR count). The predicted octanol–water partition coefficient (Wildman–Crippen LogP) is 2.68. The van der Waals surface area contributed by atoms with Crippen LogP contribution in [-0.4, -0.2) is 13.2 Å². The van der Waals surface area contributed by atoms with E-state index in [4.69, 9.17) is 4.74 Å². The van der Waals surface area contributed by atoms with Crippen molar-refractivity contribution in [2.24, 2.45) is 0 Å². The van der Waals surface area contributed by atoms with E-state index in [0.717, 1.165) is 29.1 Å². The molecule has 0 fully saturated rings. The van der Waals surface area contributed by atoms with Gasteiger partial charge in [0, 0.05) is 11.0 Å². The average molecular weight is 251 g/mol. The Kier molecular flexibility index (Phi) is 3.23. The third kappa shape index (κ3) is 1.67. The molecule has 0 unspecified atom stereocenters. The van der Waals surface area contributed by atoms with Gasteiger partial charge in [-0.25, -0.2) is 0 Å². The molecule has 66 valence electrons. The molecule has 0 spiro atoms. The fourth-order valence-electron chi connectivity index (χ4n) is 1.13. The summed E-state index contributed by atoms with van der Waals surface area (Å²) in [6, 6.07) is 5.93. The first-order chi connectivity index (χ1) is 5.38. The smallest absolute Gasteiger partial charge is 0.143 e. The second kappa shape index (κ2) is 4.01. The van der Waals surface area contributed by atoms with E-state index >= 15 is 0 Å². The summed E-state index contributed by atoms with van der Waals surface area (Å²) in [5.74, 6) is 0.936. The minimum Gasteiger partial charge on any atom is -0.490 e. The van der Waals surface area contributed by atoms with Crippen molar-refractivity contribution in [3.63, 3.8) is 0 Å². The lowest BCUT2D eigenvalue weighted by Gasteiger charge is -2.19. The first-order valence-electron chi connectivity index (χ1n) is 3.53. The Bertz CT molecular complexity index is 280. The molecule has 1 aliphatic rings. The Morgan fingerprint density at radius 1 is 1.42 bits per heavy atom. The van der Waals surface area contributed by atoms with Gasteiger partial charge in [0.2, 0.25) is 0 Å². The molecular weight excluding hydrogens is 241 g/mol. The van der Waals surface area contributed by atoms with Crippen LogP contribution in [0.1, 0.15) is 0 Å². The maximum atomic E-state index is 5.41. The second-order valence-corrected chi connectivity index (χ2v) is 3.24. The van der Waals surface area contributed by atoms with Gasteiger partial charge in [0.25, 0.3) is 0 Å². The van der Waals surface area contributed by atoms with Crippen LogP contribution in [0.3, 0.4) is 0 Å². The number of nitrogens with one attached hydrogen (secondary N) is 1. The quantitative estimate of drug-likeness (QED) is 0.764. The molecular formula is C8H9BrClNO. The van der Waals surface area contributed by atoms with E-state index in [9.17, 15) is 0 Å². The van der Waals surface area contributed by atoms with Crippen LogP contribution in [0.15, 0.2) is 22.7 Å². The van der Waals surface area contributed by atoms with Gasteiger partial charge in [-0.1, -0.05) is 6.07 Å². The SMILES string of the molecule is Brc1cccc2c1NCCO2.Cl. The molecule has 1 aromatic rings. The molecule has 0 bridgehead atoms. The summed E-state index contributed by atoms with van der Waals surface area (Å²) in [6.07, 6.45) is 0. The summed E-state index contributed by atoms with van der Waals surface area (Å²) in [5.41, 5.74) is 1.07. The van der Waals surface area contributed by atoms with Gasteiger partial charge in [0.15, 0.2) is 0 Å². The van der Waals surface area contributed by atoms with E-state index in [0.29, 0.717) is 0 Å². The maximum Gasteiger partial charge on any atom is 0.143 e. The zero-order chi connectivity index (χ0) is 7.68. The largest absolute Gasteiger partial charge is 0.490 e. The van der Waals surface area contributed by atoms with Gasteiger partial charge in [0.05, 0.1) is 5.69 Å². The van der Waals surface area contributed by atoms with Crippen LogP contribution >= 0.6 is 28.3 Å². The highest BCUT2D eigenvalue weighted by molar-refractivity contribution is 9.10. The van der Waals surface area contributed by atoms with Crippen molar-refractivity contribution in [2.75, 3.05) is 18.5 Å². The highest BCUT2D eigenvalue weighted by atomic mass is 79.9. The van der Waals surface area contributed by atoms with Gasteiger partial charge in [-0.3, -0.25) is 0 Å². The lowest BCUT2D eigenvalue weighted by Crippen LogP contribution is -2.18. The normalized spacial score (nSPS) is 13.4. The molecule has 1 aliphatic heterocycles. The molecule has 0 radical (unpaired) electrons. The zero-order valence-electron chi connectivity index (χ0n) is 6.34. The van der Waals surface area contributed by atoms with Gasteiger partial charge in [-0.05, 0) is 28.1 Å². The topological polar surface area (TPSA) is 21.3 Å². The molecule has 1 N–H and O–H groups in total. The fraction of sp³-hybridized carbons (Fsp3) is 0.250. The Morgan fingerprint density at radius 3 is 3.00 bits per heavy atom. The maximum absolute atomic E-state index is 5.41. The zero-order valence-corrected chi connectivity index (χ0v) is 8.74. The number of anilines is 1. The van der Waals surface area contributed by atoms with Crippen molar-refractivity contribution in [3.05, 3.63) is 22.7 Å². The highest BCUT2D eigenvalue weighted by Crippen LogP contribution is 2.33. The van der Waals surface area contributed by atoms with E-state index < -0.39 is 0 Å². The third-order valence-corrected chi connectivity index (χ3v) is 2.30. The van der Waals surface area contributed by atoms with Gasteiger partial charge in [-0.2, -0.15) is 0 Å². The third-order valence-electron chi connectivity index (χ3n) is 1.64. The van der Waals surface area contributed by atoms with Crippen LogP contribution < -0.4 is 10.1 Å². The average Bonchev–Trinajstić information content (AvgIpc) is 2.06. The van der Waals surface area contributed by atoms with Crippen molar-refractivity contribution in [2.45, 2.75) is 0 Å². The van der Waals surface area contributed by atoms with Gasteiger partial charge in [0.1, 0.15) is 12.4 Å². The Labute approximate surface area is 85.8 Å². The molecule has 4 heteroatoms. The summed E-state index contributed by atoms with van der Waals surface area (Å²) in [5, 5.41) is 3.26. The first kappa shape index (κ1) is 9.68. The van der Waals surface area contributed by atoms with Crippen LogP contribution in [0.5, 0.6) is 5.75 Å². The van der Waals surface area contributed by atoms with Crippen LogP contribution in [0.25, 0.3) is 0 Å². The van der Waals surface area contributed by atoms with Crippen molar-refractivity contribution < 1.29 is 4.74 Å². The van der Waals surface area contributed by atoms with Crippen LogP contribution in [0.4, 0.5) is 5.69 Å². The monoisotopic (exact) mass is 249 g/mol. The molecule has 0 atom stereocenters. The number of benzene rings is 1. The predicted molar refractivity (Wildman–Crippen MR) is 55.4 cm³/mol. The lowest BCUT2D eigenvalue weighted by atomic mass is 10.2. The molecule has 0 aliphatic carbocycles. The van der Waals surface area contributed by atoms with Crippen LogP contribution in [0, 0.1) is 0 Å². The van der Waals surface area contributed by atoms with Crippen molar-refractivity contribution >= 4 is 34.0 Å². The summed E-state index contributed by atoms with van der Waals surface area (Å²) < 4.78 is 6.48. The first-order valence-corrected chi connectivity index (χ1v) is 4.32. The Morgan fingerprint density at radius 2 is 2.25 bits per heavy atom. The molecule has 0 saturated carbocycles. The second-order valence-electron chi connectivity index (χ2n) is 2.39. The van der Waals surface area contributed by atoms with E-state index in [2.05, 4.69) is 21.2 Å². The summed E-state index contributed by atoms with van der Waals surface area (Å²) in [6.45, 7) is 1.64. The lowest BCUT2D eigenvalue weighted by molar-refractivity contribution is 0.323. The summed E-state index contributed by atoms with van der Waals surface area (Å²) in [4.78, 5) is 0. The summed E-state index contributed by atoms with van der Waals surface area (Å²) >= 11 is 3.44. The van der Waals surface area contributed by atoms with Crippen LogP contribution in [-0.2, 0) is 0 Å². The van der Waals surface area contributed by atoms with E-state index in [1.165, 1.54) is 0 Å². The minimum atomic E-state index is 0. The fourth-order valence-corrected chi connectivity index (χ4v) is 1.62. The van der Waals surface area contributed by atoms with Crippen molar-refractivity contribution in [3.8, 4) is 5.75 Å². The molecule has 0 amide bonds. The van der Waals surface area contributed by atoms with E-state index in [1.807, 2.05) is 18.2 Å². The van der Waals surface area contributed by atoms with E-state index in [-0.39, 0.29) is 12.4 Å². The van der Waals surface area contributed by atoms with Crippen molar-refractivity contribution in [1.29, 1.82) is 0 Å². The van der Waals surface area contributed by atoms with Gasteiger partial charge in [-0.15, -0.1) is 12.4 Å². The molecule has 2 nitrogen and oxygen atoms in total. The van der Waals surface area contributed by atoms with Gasteiger partial charge >= 0.3 is 0 Å². The molecule has 0 aromatic heterocycles. The Balaban J connectivity index is 0.000000720. The number of fused-ring (bicyclic) bond motifs is 1. The number of para-hydroxylation sites is 1. The number of halogens is 2. The minimum absolute atomic E-state index is 0. The number of hydrogen-bond donors (Lipinski definition) is 1. The Hall–Kier alpha value is -0.410. The molecule has 12 heavy (non-hydrogen) atoms. The van der Waals surface area contributed by atoms with Crippen molar-refractivity contribution in [1.82, 2.24) is 0 Å². The molecule has 0 saturated heterocycles. The number of hydrogen-bond acceptors (Lipinski definition) is 2. The molecule has 1 aromatic carbocycles. The number of rotatable bonds is 0. The summed E-state index contributed by atoms with van der Waals surface area (Å²) in [7, 11) is 0. The molecule has 1 heterocycles. The number of ether oxygens (including phenoxy) is 1. The standard InChI is InChI=1S/C8H8BrNO.ClH/c9-6-2-1-3-7-8(6)10-4-5-11-7;/h1-3,10H,4-5H2;1H. The highest BCUT2D eigenvalue weighted by Gasteiger charge is 2.10. The van der Waals surface area contributed by atoms with E-state index in [1.54, 1.807) is 0 Å². The van der Waals surface area contributed by atoms with Crippen LogP contribution in [0.2, 0.25) is 0 Å².